The lowest BCUT2D eigenvalue weighted by Crippen LogP contribution is -2.62. The molecule has 1 atom stereocenters. The minimum absolute atomic E-state index is 0.0779. The van der Waals surface area contributed by atoms with Crippen molar-refractivity contribution < 1.29 is 22.7 Å². The summed E-state index contributed by atoms with van der Waals surface area (Å²) in [5, 5.41) is 2.48. The Morgan fingerprint density at radius 2 is 1.49 bits per heavy atom. The summed E-state index contributed by atoms with van der Waals surface area (Å²) in [6.07, 6.45) is -3.70. The number of hydrogen-bond donors (Lipinski definition) is 1. The molecule has 6 nitrogen and oxygen atoms in total. The molecular weight excluding hydrogens is 505 g/mol. The number of aromatic nitrogens is 1. The fourth-order valence-electron chi connectivity index (χ4n) is 4.85. The maximum absolute atomic E-state index is 14.8. The molecule has 1 amide bonds. The molecule has 5 rings (SSSR count). The molecule has 0 aliphatic carbocycles. The SMILES string of the molecule is COc1cc2c(cn1)NC(c1ccc(N(Cc3ccccc3)Cc3ccccc3)cc1)(C(F)(F)F)C(=O)N2C. The highest BCUT2D eigenvalue weighted by atomic mass is 19.4. The smallest absolute Gasteiger partial charge is 0.424 e. The number of fused-ring (bicyclic) bond motifs is 1. The van der Waals surface area contributed by atoms with Gasteiger partial charge in [0, 0.05) is 31.9 Å². The first kappa shape index (κ1) is 26.1. The van der Waals surface area contributed by atoms with Crippen LogP contribution < -0.4 is 19.9 Å². The molecule has 0 bridgehead atoms. The molecule has 0 fully saturated rings. The number of likely N-dealkylation sites (N-methyl/N-ethyl adjacent to an activating group) is 1. The van der Waals surface area contributed by atoms with E-state index >= 15 is 0 Å². The lowest BCUT2D eigenvalue weighted by atomic mass is 9.85. The van der Waals surface area contributed by atoms with Crippen molar-refractivity contribution >= 4 is 23.0 Å². The van der Waals surface area contributed by atoms with Crippen molar-refractivity contribution in [2.75, 3.05) is 29.3 Å². The highest BCUT2D eigenvalue weighted by Gasteiger charge is 2.64. The minimum Gasteiger partial charge on any atom is -0.481 e. The van der Waals surface area contributed by atoms with Gasteiger partial charge in [-0.1, -0.05) is 72.8 Å². The van der Waals surface area contributed by atoms with Crippen molar-refractivity contribution in [2.45, 2.75) is 24.8 Å². The van der Waals surface area contributed by atoms with Crippen molar-refractivity contribution in [3.8, 4) is 5.88 Å². The number of halogens is 3. The third kappa shape index (κ3) is 4.87. The first-order chi connectivity index (χ1) is 18.7. The van der Waals surface area contributed by atoms with Crippen LogP contribution in [0.3, 0.4) is 0 Å². The monoisotopic (exact) mass is 532 g/mol. The molecule has 2 heterocycles. The second-order valence-corrected chi connectivity index (χ2v) is 9.35. The summed E-state index contributed by atoms with van der Waals surface area (Å²) in [5.74, 6) is -0.954. The van der Waals surface area contributed by atoms with Crippen molar-refractivity contribution in [2.24, 2.45) is 0 Å². The van der Waals surface area contributed by atoms with Crippen molar-refractivity contribution in [1.82, 2.24) is 4.98 Å². The van der Waals surface area contributed by atoms with Crippen molar-refractivity contribution in [1.29, 1.82) is 0 Å². The highest BCUT2D eigenvalue weighted by molar-refractivity contribution is 6.08. The van der Waals surface area contributed by atoms with Gasteiger partial charge in [0.25, 0.3) is 5.91 Å². The summed E-state index contributed by atoms with van der Waals surface area (Å²) in [6, 6.07) is 27.1. The number of carbonyl (C=O) groups is 1. The quantitative estimate of drug-likeness (QED) is 0.310. The molecule has 0 saturated heterocycles. The Morgan fingerprint density at radius 3 is 2.00 bits per heavy atom. The Balaban J connectivity index is 1.53. The van der Waals surface area contributed by atoms with E-state index in [1.54, 1.807) is 12.1 Å². The molecule has 0 saturated carbocycles. The number of nitrogens with zero attached hydrogens (tertiary/aromatic N) is 3. The molecule has 1 unspecified atom stereocenters. The molecule has 1 aliphatic rings. The minimum atomic E-state index is -4.94. The van der Waals surface area contributed by atoms with E-state index in [0.29, 0.717) is 13.1 Å². The van der Waals surface area contributed by atoms with Gasteiger partial charge in [-0.2, -0.15) is 13.2 Å². The third-order valence-corrected chi connectivity index (χ3v) is 6.90. The first-order valence-corrected chi connectivity index (χ1v) is 12.3. The van der Waals surface area contributed by atoms with Gasteiger partial charge in [-0.3, -0.25) is 4.79 Å². The average molecular weight is 533 g/mol. The highest BCUT2D eigenvalue weighted by Crippen LogP contribution is 2.49. The number of carbonyl (C=O) groups excluding carboxylic acids is 1. The zero-order valence-corrected chi connectivity index (χ0v) is 21.4. The van der Waals surface area contributed by atoms with E-state index in [0.717, 1.165) is 21.7 Å². The number of pyridine rings is 1. The zero-order valence-electron chi connectivity index (χ0n) is 21.4. The lowest BCUT2D eigenvalue weighted by molar-refractivity contribution is -0.187. The molecule has 200 valence electrons. The number of alkyl halides is 3. The number of anilines is 3. The normalized spacial score (nSPS) is 16.8. The van der Waals surface area contributed by atoms with Crippen LogP contribution in [0.5, 0.6) is 5.88 Å². The fraction of sp³-hybridized carbons (Fsp3) is 0.200. The van der Waals surface area contributed by atoms with Crippen LogP contribution in [0.25, 0.3) is 0 Å². The molecule has 1 aromatic heterocycles. The number of amides is 1. The van der Waals surface area contributed by atoms with Gasteiger partial charge >= 0.3 is 6.18 Å². The summed E-state index contributed by atoms with van der Waals surface area (Å²) in [6.45, 7) is 1.11. The van der Waals surface area contributed by atoms with Crippen LogP contribution in [0.1, 0.15) is 16.7 Å². The number of rotatable bonds is 7. The largest absolute Gasteiger partial charge is 0.481 e. The summed E-state index contributed by atoms with van der Waals surface area (Å²) in [5.41, 5.74) is -0.00479. The van der Waals surface area contributed by atoms with Gasteiger partial charge in [-0.05, 0) is 28.8 Å². The van der Waals surface area contributed by atoms with E-state index in [-0.39, 0.29) is 22.8 Å². The topological polar surface area (TPSA) is 57.7 Å². The molecule has 1 N–H and O–H groups in total. The molecule has 0 radical (unpaired) electrons. The van der Waals surface area contributed by atoms with Crippen LogP contribution in [0.4, 0.5) is 30.2 Å². The molecule has 39 heavy (non-hydrogen) atoms. The van der Waals surface area contributed by atoms with Gasteiger partial charge < -0.3 is 19.9 Å². The summed E-state index contributed by atoms with van der Waals surface area (Å²) in [7, 11) is 2.71. The van der Waals surface area contributed by atoms with E-state index < -0.39 is 17.6 Å². The van der Waals surface area contributed by atoms with Crippen molar-refractivity contribution in [3.63, 3.8) is 0 Å². The second-order valence-electron chi connectivity index (χ2n) is 9.35. The van der Waals surface area contributed by atoms with Crippen LogP contribution >= 0.6 is 0 Å². The van der Waals surface area contributed by atoms with Crippen LogP contribution in [0.15, 0.2) is 97.2 Å². The van der Waals surface area contributed by atoms with Crippen molar-refractivity contribution in [3.05, 3.63) is 114 Å². The lowest BCUT2D eigenvalue weighted by Gasteiger charge is -2.43. The Morgan fingerprint density at radius 1 is 0.923 bits per heavy atom. The number of benzene rings is 3. The predicted molar refractivity (Wildman–Crippen MR) is 145 cm³/mol. The molecule has 1 aliphatic heterocycles. The molecule has 4 aromatic rings. The van der Waals surface area contributed by atoms with E-state index in [4.69, 9.17) is 4.74 Å². The molecule has 0 spiro atoms. The number of ether oxygens (including phenoxy) is 1. The van der Waals surface area contributed by atoms with Crippen LogP contribution in [0, 0.1) is 0 Å². The van der Waals surface area contributed by atoms with E-state index in [2.05, 4.69) is 15.2 Å². The van der Waals surface area contributed by atoms with E-state index in [9.17, 15) is 18.0 Å². The number of hydrogen-bond acceptors (Lipinski definition) is 5. The molecule has 3 aromatic carbocycles. The Kier molecular flexibility index (Phi) is 6.91. The van der Waals surface area contributed by atoms with Gasteiger partial charge in [-0.25, -0.2) is 4.98 Å². The maximum atomic E-state index is 14.8. The standard InChI is InChI=1S/C30H27F3N4O2/c1-36-26-17-27(39-2)34-18-25(26)35-29(28(36)38,30(31,32)33)23-13-15-24(16-14-23)37(19-21-9-5-3-6-10-21)20-22-11-7-4-8-12-22/h3-18,35H,19-20H2,1-2H3. The average Bonchev–Trinajstić information content (AvgIpc) is 2.95. The van der Waals surface area contributed by atoms with Crippen LogP contribution in [0.2, 0.25) is 0 Å². The Labute approximate surface area is 224 Å². The fourth-order valence-corrected chi connectivity index (χ4v) is 4.85. The Bertz CT molecular complexity index is 1410. The number of methoxy groups -OCH3 is 1. The van der Waals surface area contributed by atoms with Gasteiger partial charge in [-0.15, -0.1) is 0 Å². The summed E-state index contributed by atoms with van der Waals surface area (Å²) >= 11 is 0. The second kappa shape index (κ2) is 10.3. The zero-order chi connectivity index (χ0) is 27.6. The third-order valence-electron chi connectivity index (χ3n) is 6.90. The summed E-state index contributed by atoms with van der Waals surface area (Å²) in [4.78, 5) is 20.5. The Hall–Kier alpha value is -4.53. The van der Waals surface area contributed by atoms with Gasteiger partial charge in [0.1, 0.15) is 0 Å². The maximum Gasteiger partial charge on any atom is 0.424 e. The van der Waals surface area contributed by atoms with Crippen LogP contribution in [-0.4, -0.2) is 31.2 Å². The predicted octanol–water partition coefficient (Wildman–Crippen LogP) is 6.14. The summed E-state index contributed by atoms with van der Waals surface area (Å²) < 4.78 is 49.5. The number of nitrogens with one attached hydrogen (secondary N) is 1. The molecular formula is C30H27F3N4O2. The van der Waals surface area contributed by atoms with Gasteiger partial charge in [0.05, 0.1) is 24.7 Å². The van der Waals surface area contributed by atoms with E-state index in [1.807, 2.05) is 60.7 Å². The van der Waals surface area contributed by atoms with Crippen LogP contribution in [-0.2, 0) is 23.4 Å². The van der Waals surface area contributed by atoms with Gasteiger partial charge in [0.2, 0.25) is 11.4 Å². The molecule has 9 heteroatoms. The van der Waals surface area contributed by atoms with Gasteiger partial charge in [0.15, 0.2) is 0 Å². The first-order valence-electron chi connectivity index (χ1n) is 12.3. The van der Waals surface area contributed by atoms with E-state index in [1.165, 1.54) is 38.6 Å².